The van der Waals surface area contributed by atoms with Gasteiger partial charge < -0.3 is 34.5 Å². The first-order valence-corrected chi connectivity index (χ1v) is 26.7. The van der Waals surface area contributed by atoms with Gasteiger partial charge in [0.15, 0.2) is 0 Å². The molecule has 7 rings (SSSR count). The Hall–Kier alpha value is -8.38. The monoisotopic (exact) mass is 1230 g/mol. The van der Waals surface area contributed by atoms with E-state index in [1.54, 1.807) is 83.4 Å². The molecule has 4 amide bonds. The lowest BCUT2D eigenvalue weighted by atomic mass is 10.1. The number of nitrogens with two attached hydrogens (primary N) is 1. The molecule has 2 atom stereocenters. The van der Waals surface area contributed by atoms with Crippen molar-refractivity contribution in [3.63, 3.8) is 0 Å². The van der Waals surface area contributed by atoms with Crippen LogP contribution in [0.5, 0.6) is 5.75 Å². The summed E-state index contributed by atoms with van der Waals surface area (Å²) in [4.78, 5) is 80.1. The zero-order valence-electron chi connectivity index (χ0n) is 46.6. The number of ether oxygens (including phenoxy) is 4. The van der Waals surface area contributed by atoms with E-state index < -0.39 is 45.9 Å². The number of pyridine rings is 2. The Morgan fingerprint density at radius 2 is 1.14 bits per heavy atom. The Labute approximate surface area is 496 Å². The molecule has 0 radical (unpaired) electrons. The summed E-state index contributed by atoms with van der Waals surface area (Å²) >= 11 is 16.4. The number of hydrogen-bond donors (Lipinski definition) is 3. The highest BCUT2D eigenvalue weighted by Crippen LogP contribution is 2.24. The summed E-state index contributed by atoms with van der Waals surface area (Å²) in [6, 6.07) is 25.1. The van der Waals surface area contributed by atoms with Crippen molar-refractivity contribution in [3.05, 3.63) is 176 Å². The molecule has 5 aromatic carbocycles. The summed E-state index contributed by atoms with van der Waals surface area (Å²) in [6.45, 7) is 9.36. The standard InChI is InChI=1S/C24H24ClF2N3O3.C20H26FN3O4.C7H7ClFN.C7H4ClNO4/c1-3-19(30(2)22(31)10-8-15-5-4-6-20(27)23(15)25)14-33-24(32)29-21-12-17-11-18(26)9-7-16(17)13-28-21;1-6-16(24(5)19(26)28-20(2,3)4)12-27-18(25)23-17-10-14-9-15(21)8-7-13(14)11-22-17;8-7-5(4-10)2-1-3-6(7)9;8-7(10)13-6-3-1-5(2-4-6)9(11)12/h4-7,9,11-13,19H,3,8,10,14H2,1-2H3,(H,28,29,32);7-11,16H,6,12H2,1-5H3,(H,22,23,25);1-3H,4,10H2;1-4H/t19-;16-;;/m00../s1. The number of carbonyl (C=O) groups excluding carboxylic acids is 5. The summed E-state index contributed by atoms with van der Waals surface area (Å²) in [5.41, 5.74) is 4.81. The second kappa shape index (κ2) is 33.1. The molecule has 0 saturated heterocycles. The van der Waals surface area contributed by atoms with Gasteiger partial charge in [-0.3, -0.25) is 25.5 Å². The van der Waals surface area contributed by atoms with Crippen molar-refractivity contribution >= 4 is 103 Å². The van der Waals surface area contributed by atoms with Gasteiger partial charge in [0.25, 0.3) is 5.69 Å². The molecule has 0 saturated carbocycles. The first kappa shape index (κ1) is 68.1. The van der Waals surface area contributed by atoms with E-state index >= 15 is 0 Å². The number of carbonyl (C=O) groups is 5. The topological polar surface area (TPSA) is 248 Å². The van der Waals surface area contributed by atoms with Gasteiger partial charge in [-0.05, 0) is 135 Å². The second-order valence-electron chi connectivity index (χ2n) is 19.0. The molecule has 19 nitrogen and oxygen atoms in total. The molecule has 0 aliphatic carbocycles. The lowest BCUT2D eigenvalue weighted by Crippen LogP contribution is -2.43. The molecule has 7 aromatic rings. The Balaban J connectivity index is 0.000000265. The largest absolute Gasteiger partial charge is 0.447 e. The maximum Gasteiger partial charge on any atom is 0.412 e. The Kier molecular flexibility index (Phi) is 26.8. The average molecular weight is 1230 g/mol. The van der Waals surface area contributed by atoms with Crippen LogP contribution in [0.3, 0.4) is 0 Å². The maximum absolute atomic E-state index is 13.6. The number of likely N-dealkylation sites (N-methyl/N-ethyl adjacent to an activating group) is 2. The van der Waals surface area contributed by atoms with E-state index in [-0.39, 0.29) is 88.9 Å². The van der Waals surface area contributed by atoms with Crippen molar-refractivity contribution < 1.29 is 65.4 Å². The van der Waals surface area contributed by atoms with Crippen LogP contribution < -0.4 is 21.1 Å². The number of nitrogens with zero attached hydrogens (tertiary/aromatic N) is 5. The van der Waals surface area contributed by atoms with Gasteiger partial charge >= 0.3 is 23.7 Å². The summed E-state index contributed by atoms with van der Waals surface area (Å²) < 4.78 is 73.2. The molecule has 2 heterocycles. The molecule has 0 spiro atoms. The molecule has 2 aromatic heterocycles. The summed E-state index contributed by atoms with van der Waals surface area (Å²) in [5, 5.41) is 18.1. The molecular formula is C58H61Cl3F4N8O11. The van der Waals surface area contributed by atoms with Crippen LogP contribution in [0.15, 0.2) is 122 Å². The fourth-order valence-corrected chi connectivity index (χ4v) is 7.79. The third kappa shape index (κ3) is 22.4. The van der Waals surface area contributed by atoms with E-state index in [0.29, 0.717) is 41.2 Å². The molecule has 0 unspecified atom stereocenters. The highest BCUT2D eigenvalue weighted by molar-refractivity contribution is 6.61. The van der Waals surface area contributed by atoms with Crippen molar-refractivity contribution in [3.8, 4) is 5.75 Å². The van der Waals surface area contributed by atoms with Crippen LogP contribution in [0.25, 0.3) is 21.5 Å². The number of benzene rings is 5. The van der Waals surface area contributed by atoms with E-state index in [2.05, 4.69) is 25.3 Å². The highest BCUT2D eigenvalue weighted by Gasteiger charge is 2.26. The molecule has 0 bridgehead atoms. The number of rotatable bonds is 16. The third-order valence-electron chi connectivity index (χ3n) is 11.9. The van der Waals surface area contributed by atoms with Crippen LogP contribution >= 0.6 is 34.8 Å². The van der Waals surface area contributed by atoms with Gasteiger partial charge in [-0.2, -0.15) is 0 Å². The molecule has 26 heteroatoms. The minimum atomic E-state index is -0.978. The predicted molar refractivity (Wildman–Crippen MR) is 312 cm³/mol. The molecule has 0 fully saturated rings. The quantitative estimate of drug-likeness (QED) is 0.0268. The number of aryl methyl sites for hydroxylation is 1. The van der Waals surface area contributed by atoms with E-state index in [1.165, 1.54) is 82.9 Å². The van der Waals surface area contributed by atoms with Gasteiger partial charge in [0, 0.05) is 74.0 Å². The highest BCUT2D eigenvalue weighted by atomic mass is 35.5. The molecule has 0 aliphatic rings. The van der Waals surface area contributed by atoms with Gasteiger partial charge in [0.1, 0.15) is 59.5 Å². The van der Waals surface area contributed by atoms with Gasteiger partial charge in [-0.1, -0.05) is 61.3 Å². The number of anilines is 2. The zero-order valence-corrected chi connectivity index (χ0v) is 48.9. The molecule has 4 N–H and O–H groups in total. The number of hydrogen-bond acceptors (Lipinski definition) is 14. The van der Waals surface area contributed by atoms with Crippen LogP contribution in [0.1, 0.15) is 65.0 Å². The molecular weight excluding hydrogens is 1170 g/mol. The van der Waals surface area contributed by atoms with Gasteiger partial charge in [0.05, 0.1) is 27.1 Å². The number of fused-ring (bicyclic) bond motifs is 2. The second-order valence-corrected chi connectivity index (χ2v) is 20.1. The molecule has 0 aliphatic heterocycles. The molecule has 84 heavy (non-hydrogen) atoms. The van der Waals surface area contributed by atoms with Crippen LogP contribution in [-0.4, -0.2) is 99.3 Å². The summed E-state index contributed by atoms with van der Waals surface area (Å²) in [5.74, 6) is -1.23. The number of amides is 4. The van der Waals surface area contributed by atoms with Crippen molar-refractivity contribution in [1.82, 2.24) is 19.8 Å². The first-order valence-electron chi connectivity index (χ1n) is 25.6. The van der Waals surface area contributed by atoms with Crippen LogP contribution in [-0.2, 0) is 32.0 Å². The van der Waals surface area contributed by atoms with E-state index in [0.717, 1.165) is 10.8 Å². The first-order chi connectivity index (χ1) is 39.7. The molecule has 448 valence electrons. The lowest BCUT2D eigenvalue weighted by Gasteiger charge is -2.29. The Morgan fingerprint density at radius 1 is 0.679 bits per heavy atom. The minimum absolute atomic E-state index is 0.000283. The SMILES string of the molecule is CC[C@@H](COC(=O)Nc1cc2cc(F)ccc2cn1)N(C)C(=O)CCc1cccc(F)c1Cl.CC[C@@H](COC(=O)Nc1cc2cc(F)ccc2cn1)N(C)C(=O)OC(C)(C)C.NCc1cccc(F)c1Cl.O=C(Cl)Oc1ccc([N+](=O)[O-])cc1. The van der Waals surface area contributed by atoms with E-state index in [4.69, 9.17) is 54.7 Å². The van der Waals surface area contributed by atoms with Crippen LogP contribution in [0.4, 0.5) is 54.1 Å². The van der Waals surface area contributed by atoms with Gasteiger partial charge in [-0.15, -0.1) is 0 Å². The third-order valence-corrected chi connectivity index (χ3v) is 12.8. The van der Waals surface area contributed by atoms with Crippen molar-refractivity contribution in [2.75, 3.05) is 37.9 Å². The lowest BCUT2D eigenvalue weighted by molar-refractivity contribution is -0.384. The smallest absolute Gasteiger partial charge is 0.412 e. The van der Waals surface area contributed by atoms with E-state index in [9.17, 15) is 51.6 Å². The average Bonchev–Trinajstić information content (AvgIpc) is 3.65. The number of aromatic nitrogens is 2. The zero-order chi connectivity index (χ0) is 62.3. The summed E-state index contributed by atoms with van der Waals surface area (Å²) in [6.07, 6.45) is 2.71. The Bertz CT molecular complexity index is 3400. The fourth-order valence-electron chi connectivity index (χ4n) is 7.27. The minimum Gasteiger partial charge on any atom is -0.447 e. The number of nitrogens with one attached hydrogen (secondary N) is 2. The number of non-ortho nitro benzene ring substituents is 1. The predicted octanol–water partition coefficient (Wildman–Crippen LogP) is 14.4. The fraction of sp³-hybridized carbons (Fsp3) is 0.293. The number of nitro benzene ring substituents is 1. The normalized spacial score (nSPS) is 11.4. The van der Waals surface area contributed by atoms with Gasteiger partial charge in [0.2, 0.25) is 5.91 Å². The Morgan fingerprint density at radius 3 is 1.57 bits per heavy atom. The van der Waals surface area contributed by atoms with E-state index in [1.807, 2.05) is 13.8 Å². The summed E-state index contributed by atoms with van der Waals surface area (Å²) in [7, 11) is 3.23. The van der Waals surface area contributed by atoms with Crippen LogP contribution in [0.2, 0.25) is 10.0 Å². The maximum atomic E-state index is 13.6. The van der Waals surface area contributed by atoms with Crippen molar-refractivity contribution in [2.24, 2.45) is 5.73 Å². The number of nitro groups is 1. The van der Waals surface area contributed by atoms with Gasteiger partial charge in [-0.25, -0.2) is 46.7 Å². The van der Waals surface area contributed by atoms with Crippen molar-refractivity contribution in [1.29, 1.82) is 0 Å². The number of halogens is 7. The van der Waals surface area contributed by atoms with Crippen LogP contribution in [0, 0.1) is 33.4 Å². The van der Waals surface area contributed by atoms with Crippen molar-refractivity contribution in [2.45, 2.75) is 84.5 Å².